The molecule has 1 amide bonds. The highest BCUT2D eigenvalue weighted by Gasteiger charge is 2.40. The normalized spacial score (nSPS) is 21.0. The van der Waals surface area contributed by atoms with Crippen LogP contribution in [0, 0.1) is 5.82 Å². The van der Waals surface area contributed by atoms with E-state index in [1.54, 1.807) is 16.4 Å². The monoisotopic (exact) mass is 425 g/mol. The van der Waals surface area contributed by atoms with Gasteiger partial charge in [-0.05, 0) is 31.4 Å². The lowest BCUT2D eigenvalue weighted by molar-refractivity contribution is 0.0240. The first-order valence-corrected chi connectivity index (χ1v) is 12.2. The Hall–Kier alpha value is -1.51. The van der Waals surface area contributed by atoms with Crippen molar-refractivity contribution in [2.24, 2.45) is 0 Å². The van der Waals surface area contributed by atoms with Crippen LogP contribution in [-0.2, 0) is 10.0 Å². The van der Waals surface area contributed by atoms with E-state index in [1.165, 1.54) is 18.6 Å². The molecule has 2 aliphatic rings. The van der Waals surface area contributed by atoms with Crippen molar-refractivity contribution in [2.45, 2.75) is 51.0 Å². The molecule has 0 spiro atoms. The molecular weight excluding hydrogens is 393 g/mol. The molecule has 0 atom stereocenters. The van der Waals surface area contributed by atoms with Gasteiger partial charge in [-0.2, -0.15) is 4.31 Å². The van der Waals surface area contributed by atoms with Crippen molar-refractivity contribution in [2.75, 3.05) is 38.5 Å². The Bertz CT molecular complexity index is 801. The number of nitrogens with zero attached hydrogens (tertiary/aromatic N) is 2. The molecule has 0 aromatic heterocycles. The predicted molar refractivity (Wildman–Crippen MR) is 112 cm³/mol. The maximum Gasteiger partial charge on any atom is 0.254 e. The lowest BCUT2D eigenvalue weighted by Gasteiger charge is -2.49. The Morgan fingerprint density at radius 3 is 2.38 bits per heavy atom. The standard InChI is InChI=1S/C21H32FN3O3S/c1-2-16-29(27,28)25-14-12-24(13-15-25)21(10-6-3-7-11-21)17-23-20(26)18-8-4-5-9-19(18)22/h4-5,8-9H,2-3,6-7,10-17H2,1H3,(H,23,26). The van der Waals surface area contributed by atoms with Crippen molar-refractivity contribution in [3.8, 4) is 0 Å². The van der Waals surface area contributed by atoms with E-state index in [1.807, 2.05) is 6.92 Å². The second-order valence-corrected chi connectivity index (χ2v) is 10.2. The minimum atomic E-state index is -3.18. The summed E-state index contributed by atoms with van der Waals surface area (Å²) < 4.78 is 40.3. The summed E-state index contributed by atoms with van der Waals surface area (Å²) in [5.41, 5.74) is -0.117. The van der Waals surface area contributed by atoms with Crippen molar-refractivity contribution < 1.29 is 17.6 Å². The molecule has 1 N–H and O–H groups in total. The maximum atomic E-state index is 13.9. The fraction of sp³-hybridized carbons (Fsp3) is 0.667. The highest BCUT2D eigenvalue weighted by atomic mass is 32.2. The zero-order valence-electron chi connectivity index (χ0n) is 17.2. The van der Waals surface area contributed by atoms with Gasteiger partial charge in [0.2, 0.25) is 10.0 Å². The van der Waals surface area contributed by atoms with Gasteiger partial charge in [-0.25, -0.2) is 12.8 Å². The summed E-state index contributed by atoms with van der Waals surface area (Å²) in [6.45, 7) is 4.65. The topological polar surface area (TPSA) is 69.7 Å². The zero-order chi connectivity index (χ0) is 20.9. The SMILES string of the molecule is CCCS(=O)(=O)N1CCN(C2(CNC(=O)c3ccccc3F)CCCCC2)CC1. The number of rotatable bonds is 7. The Balaban J connectivity index is 1.66. The summed E-state index contributed by atoms with van der Waals surface area (Å²) >= 11 is 0. The minimum absolute atomic E-state index is 0.0638. The number of sulfonamides is 1. The largest absolute Gasteiger partial charge is 0.350 e. The average Bonchev–Trinajstić information content (AvgIpc) is 2.73. The number of carbonyl (C=O) groups is 1. The molecule has 3 rings (SSSR count). The summed E-state index contributed by atoms with van der Waals surface area (Å²) in [6, 6.07) is 6.02. The average molecular weight is 426 g/mol. The van der Waals surface area contributed by atoms with Gasteiger partial charge in [0, 0.05) is 38.3 Å². The molecule has 2 fully saturated rings. The molecule has 0 unspecified atom stereocenters. The first-order chi connectivity index (χ1) is 13.9. The van der Waals surface area contributed by atoms with Crippen LogP contribution < -0.4 is 5.32 Å². The molecule has 0 bridgehead atoms. The summed E-state index contributed by atoms with van der Waals surface area (Å²) in [7, 11) is -3.18. The third kappa shape index (κ3) is 5.16. The first kappa shape index (κ1) is 22.2. The van der Waals surface area contributed by atoms with Crippen molar-refractivity contribution in [3.63, 3.8) is 0 Å². The van der Waals surface area contributed by atoms with Gasteiger partial charge in [0.15, 0.2) is 0 Å². The number of hydrogen-bond donors (Lipinski definition) is 1. The Labute approximate surface area is 173 Å². The second-order valence-electron chi connectivity index (χ2n) is 8.15. The van der Waals surface area contributed by atoms with E-state index in [0.717, 1.165) is 25.7 Å². The number of nitrogens with one attached hydrogen (secondary N) is 1. The maximum absolute atomic E-state index is 13.9. The van der Waals surface area contributed by atoms with E-state index in [4.69, 9.17) is 0 Å². The van der Waals surface area contributed by atoms with Gasteiger partial charge < -0.3 is 5.32 Å². The van der Waals surface area contributed by atoms with Gasteiger partial charge in [0.25, 0.3) is 5.91 Å². The number of hydrogen-bond acceptors (Lipinski definition) is 4. The zero-order valence-corrected chi connectivity index (χ0v) is 18.0. The molecule has 0 radical (unpaired) electrons. The van der Waals surface area contributed by atoms with Crippen molar-refractivity contribution in [1.82, 2.24) is 14.5 Å². The fourth-order valence-electron chi connectivity index (χ4n) is 4.63. The molecule has 1 heterocycles. The van der Waals surface area contributed by atoms with Gasteiger partial charge in [-0.3, -0.25) is 9.69 Å². The third-order valence-corrected chi connectivity index (χ3v) is 8.32. The van der Waals surface area contributed by atoms with Crippen LogP contribution in [0.4, 0.5) is 4.39 Å². The lowest BCUT2D eigenvalue weighted by atomic mass is 9.79. The van der Waals surface area contributed by atoms with Crippen LogP contribution in [0.15, 0.2) is 24.3 Å². The van der Waals surface area contributed by atoms with Gasteiger partial charge in [-0.15, -0.1) is 0 Å². The van der Waals surface area contributed by atoms with Gasteiger partial charge >= 0.3 is 0 Å². The van der Waals surface area contributed by atoms with E-state index in [-0.39, 0.29) is 16.9 Å². The summed E-state index contributed by atoms with van der Waals surface area (Å²) in [4.78, 5) is 14.9. The van der Waals surface area contributed by atoms with Crippen molar-refractivity contribution in [1.29, 1.82) is 0 Å². The number of benzene rings is 1. The molecule has 1 aliphatic carbocycles. The van der Waals surface area contributed by atoms with Gasteiger partial charge in [0.05, 0.1) is 11.3 Å². The van der Waals surface area contributed by atoms with Crippen LogP contribution in [0.5, 0.6) is 0 Å². The van der Waals surface area contributed by atoms with Crippen molar-refractivity contribution >= 4 is 15.9 Å². The van der Waals surface area contributed by atoms with Crippen molar-refractivity contribution in [3.05, 3.63) is 35.6 Å². The number of carbonyl (C=O) groups excluding carboxylic acids is 1. The van der Waals surface area contributed by atoms with Crippen LogP contribution in [-0.4, -0.2) is 67.5 Å². The molecule has 162 valence electrons. The highest BCUT2D eigenvalue weighted by molar-refractivity contribution is 7.89. The van der Waals surface area contributed by atoms with E-state index in [0.29, 0.717) is 39.1 Å². The van der Waals surface area contributed by atoms with E-state index < -0.39 is 21.7 Å². The predicted octanol–water partition coefficient (Wildman–Crippen LogP) is 2.62. The van der Waals surface area contributed by atoms with Crippen LogP contribution in [0.25, 0.3) is 0 Å². The summed E-state index contributed by atoms with van der Waals surface area (Å²) in [5.74, 6) is -0.716. The number of piperazine rings is 1. The Kier molecular flexibility index (Phi) is 7.29. The molecule has 1 aromatic carbocycles. The Morgan fingerprint density at radius 1 is 1.10 bits per heavy atom. The van der Waals surface area contributed by atoms with Crippen LogP contribution in [0.1, 0.15) is 55.8 Å². The minimum Gasteiger partial charge on any atom is -0.350 e. The lowest BCUT2D eigenvalue weighted by Crippen LogP contribution is -2.62. The smallest absolute Gasteiger partial charge is 0.254 e. The van der Waals surface area contributed by atoms with Gasteiger partial charge in [-0.1, -0.05) is 38.3 Å². The molecule has 1 saturated heterocycles. The Morgan fingerprint density at radius 2 is 1.76 bits per heavy atom. The fourth-order valence-corrected chi connectivity index (χ4v) is 6.12. The van der Waals surface area contributed by atoms with E-state index in [9.17, 15) is 17.6 Å². The quantitative estimate of drug-likeness (QED) is 0.729. The molecular formula is C21H32FN3O3S. The molecule has 1 aromatic rings. The molecule has 29 heavy (non-hydrogen) atoms. The highest BCUT2D eigenvalue weighted by Crippen LogP contribution is 2.34. The first-order valence-electron chi connectivity index (χ1n) is 10.6. The van der Waals surface area contributed by atoms with Crippen LogP contribution in [0.2, 0.25) is 0 Å². The summed E-state index contributed by atoms with van der Waals surface area (Å²) in [6.07, 6.45) is 5.90. The molecule has 8 heteroatoms. The molecule has 1 saturated carbocycles. The van der Waals surface area contributed by atoms with E-state index in [2.05, 4.69) is 10.2 Å². The van der Waals surface area contributed by atoms with Crippen LogP contribution in [0.3, 0.4) is 0 Å². The second kappa shape index (κ2) is 9.53. The van der Waals surface area contributed by atoms with Crippen LogP contribution >= 0.6 is 0 Å². The van der Waals surface area contributed by atoms with Gasteiger partial charge in [0.1, 0.15) is 5.82 Å². The molecule has 6 nitrogen and oxygen atoms in total. The summed E-state index contributed by atoms with van der Waals surface area (Å²) in [5, 5.41) is 2.96. The van der Waals surface area contributed by atoms with E-state index >= 15 is 0 Å². The number of halogens is 1. The third-order valence-electron chi connectivity index (χ3n) is 6.25. The number of amides is 1. The molecule has 1 aliphatic heterocycles.